The molecule has 0 radical (unpaired) electrons. The Balaban J connectivity index is 2.06. The first-order valence-electron chi connectivity index (χ1n) is 11.0. The molecule has 1 saturated carbocycles. The molecule has 0 aromatic rings. The molecule has 2 aliphatic carbocycles. The fourth-order valence-electron chi connectivity index (χ4n) is 6.01. The topological polar surface area (TPSA) is 52.6 Å². The summed E-state index contributed by atoms with van der Waals surface area (Å²) in [5.41, 5.74) is 2.28. The van der Waals surface area contributed by atoms with Gasteiger partial charge < -0.3 is 9.47 Å². The van der Waals surface area contributed by atoms with Gasteiger partial charge >= 0.3 is 11.9 Å². The molecule has 4 unspecified atom stereocenters. The van der Waals surface area contributed by atoms with Crippen LogP contribution in [0.1, 0.15) is 86.5 Å². The normalized spacial score (nSPS) is 30.0. The van der Waals surface area contributed by atoms with Gasteiger partial charge in [0, 0.05) is 13.8 Å². The minimum Gasteiger partial charge on any atom is -0.466 e. The van der Waals surface area contributed by atoms with Crippen molar-refractivity contribution in [1.29, 1.82) is 0 Å². The summed E-state index contributed by atoms with van der Waals surface area (Å²) in [5, 5.41) is 0. The van der Waals surface area contributed by atoms with Crippen LogP contribution < -0.4 is 0 Å². The van der Waals surface area contributed by atoms with E-state index in [1.54, 1.807) is 0 Å². The zero-order chi connectivity index (χ0) is 20.9. The Labute approximate surface area is 171 Å². The van der Waals surface area contributed by atoms with Gasteiger partial charge in [-0.3, -0.25) is 9.59 Å². The third-order valence-corrected chi connectivity index (χ3v) is 7.51. The molecule has 160 valence electrons. The van der Waals surface area contributed by atoms with Crippen molar-refractivity contribution in [3.05, 3.63) is 11.6 Å². The highest BCUT2D eigenvalue weighted by atomic mass is 16.5. The summed E-state index contributed by atoms with van der Waals surface area (Å²) < 4.78 is 10.4. The van der Waals surface area contributed by atoms with Crippen LogP contribution in [0.4, 0.5) is 0 Å². The third-order valence-electron chi connectivity index (χ3n) is 7.51. The van der Waals surface area contributed by atoms with Gasteiger partial charge in [-0.05, 0) is 74.0 Å². The third kappa shape index (κ3) is 5.61. The van der Waals surface area contributed by atoms with E-state index in [1.807, 2.05) is 0 Å². The van der Waals surface area contributed by atoms with E-state index in [-0.39, 0.29) is 17.9 Å². The molecule has 4 atom stereocenters. The van der Waals surface area contributed by atoms with Gasteiger partial charge in [-0.25, -0.2) is 0 Å². The maximum Gasteiger partial charge on any atom is 0.302 e. The van der Waals surface area contributed by atoms with Crippen molar-refractivity contribution < 1.29 is 19.1 Å². The van der Waals surface area contributed by atoms with Crippen LogP contribution in [0, 0.1) is 28.6 Å². The quantitative estimate of drug-likeness (QED) is 0.393. The van der Waals surface area contributed by atoms with E-state index in [1.165, 1.54) is 45.1 Å². The first kappa shape index (κ1) is 23.0. The summed E-state index contributed by atoms with van der Waals surface area (Å²) in [7, 11) is 0. The Hall–Kier alpha value is -1.32. The molecule has 0 amide bonds. The van der Waals surface area contributed by atoms with Crippen molar-refractivity contribution in [3.63, 3.8) is 0 Å². The average molecular weight is 393 g/mol. The number of rotatable bonds is 8. The van der Waals surface area contributed by atoms with Crippen molar-refractivity contribution in [2.45, 2.75) is 86.5 Å². The first-order valence-corrected chi connectivity index (χ1v) is 11.0. The van der Waals surface area contributed by atoms with Crippen LogP contribution in [-0.4, -0.2) is 25.2 Å². The lowest BCUT2D eigenvalue weighted by Gasteiger charge is -2.57. The Morgan fingerprint density at radius 2 is 1.79 bits per heavy atom. The molecule has 2 rings (SSSR count). The zero-order valence-corrected chi connectivity index (χ0v) is 18.8. The molecule has 2 aliphatic rings. The Kier molecular flexibility index (Phi) is 7.75. The summed E-state index contributed by atoms with van der Waals surface area (Å²) in [6.07, 6.45) is 10.5. The molecule has 4 heteroatoms. The number of allylic oxidation sites excluding steroid dienone is 2. The zero-order valence-electron chi connectivity index (χ0n) is 18.8. The second-order valence-electron chi connectivity index (χ2n) is 10.0. The number of fused-ring (bicyclic) bond motifs is 1. The maximum atomic E-state index is 11.3. The largest absolute Gasteiger partial charge is 0.466 e. The molecule has 4 nitrogen and oxygen atoms in total. The molecule has 0 saturated heterocycles. The molecule has 0 aliphatic heterocycles. The number of carbonyl (C=O) groups is 2. The van der Waals surface area contributed by atoms with Crippen molar-refractivity contribution in [2.75, 3.05) is 13.2 Å². The van der Waals surface area contributed by atoms with Gasteiger partial charge in [-0.1, -0.05) is 38.8 Å². The van der Waals surface area contributed by atoms with Gasteiger partial charge in [0.25, 0.3) is 0 Å². The highest BCUT2D eigenvalue weighted by molar-refractivity contribution is 5.66. The van der Waals surface area contributed by atoms with Crippen LogP contribution >= 0.6 is 0 Å². The van der Waals surface area contributed by atoms with Gasteiger partial charge in [0.15, 0.2) is 0 Å². The van der Waals surface area contributed by atoms with E-state index in [0.717, 1.165) is 25.2 Å². The van der Waals surface area contributed by atoms with Crippen molar-refractivity contribution in [2.24, 2.45) is 28.6 Å². The monoisotopic (exact) mass is 392 g/mol. The maximum absolute atomic E-state index is 11.3. The fourth-order valence-corrected chi connectivity index (χ4v) is 6.01. The summed E-state index contributed by atoms with van der Waals surface area (Å²) in [5.74, 6) is 1.05. The van der Waals surface area contributed by atoms with Crippen LogP contribution in [0.25, 0.3) is 0 Å². The molecule has 1 fully saturated rings. The molecule has 0 aromatic carbocycles. The number of hydrogen-bond donors (Lipinski definition) is 0. The molecule has 0 heterocycles. The lowest BCUT2D eigenvalue weighted by molar-refractivity contribution is -0.145. The fraction of sp³-hybridized carbons (Fsp3) is 0.833. The van der Waals surface area contributed by atoms with E-state index >= 15 is 0 Å². The lowest BCUT2D eigenvalue weighted by atomic mass is 9.48. The predicted octanol–water partition coefficient (Wildman–Crippen LogP) is 5.70. The minimum absolute atomic E-state index is 0.233. The van der Waals surface area contributed by atoms with Gasteiger partial charge in [0.2, 0.25) is 0 Å². The van der Waals surface area contributed by atoms with E-state index in [2.05, 4.69) is 33.8 Å². The summed E-state index contributed by atoms with van der Waals surface area (Å²) in [4.78, 5) is 22.4. The first-order chi connectivity index (χ1) is 13.1. The number of esters is 2. The number of hydrogen-bond acceptors (Lipinski definition) is 4. The second-order valence-corrected chi connectivity index (χ2v) is 10.0. The standard InChI is InChI=1S/C24H40O4/c1-17-8-11-22-23(4,5)13-7-14-24(22,6)21(17)10-9-20(16-28-19(3)26)12-15-27-18(2)25/h8,20-22H,7,9-16H2,1-6H3. The van der Waals surface area contributed by atoms with Gasteiger partial charge in [-0.15, -0.1) is 0 Å². The van der Waals surface area contributed by atoms with E-state index < -0.39 is 0 Å². The van der Waals surface area contributed by atoms with Gasteiger partial charge in [-0.2, -0.15) is 0 Å². The lowest BCUT2D eigenvalue weighted by Crippen LogP contribution is -2.48. The summed E-state index contributed by atoms with van der Waals surface area (Å²) in [6.45, 7) is 13.4. The highest BCUT2D eigenvalue weighted by Gasteiger charge is 2.51. The predicted molar refractivity (Wildman–Crippen MR) is 112 cm³/mol. The number of carbonyl (C=O) groups excluding carboxylic acids is 2. The summed E-state index contributed by atoms with van der Waals surface area (Å²) >= 11 is 0. The van der Waals surface area contributed by atoms with Crippen LogP contribution in [0.15, 0.2) is 11.6 Å². The molecule has 0 N–H and O–H groups in total. The van der Waals surface area contributed by atoms with Crippen LogP contribution in [0.3, 0.4) is 0 Å². The molecular formula is C24H40O4. The average Bonchev–Trinajstić information content (AvgIpc) is 2.57. The molecular weight excluding hydrogens is 352 g/mol. The number of ether oxygens (including phenoxy) is 2. The van der Waals surface area contributed by atoms with Crippen LogP contribution in [0.2, 0.25) is 0 Å². The molecule has 28 heavy (non-hydrogen) atoms. The van der Waals surface area contributed by atoms with Crippen molar-refractivity contribution >= 4 is 11.9 Å². The van der Waals surface area contributed by atoms with Crippen LogP contribution in [0.5, 0.6) is 0 Å². The summed E-state index contributed by atoms with van der Waals surface area (Å²) in [6, 6.07) is 0. The van der Waals surface area contributed by atoms with Crippen LogP contribution in [-0.2, 0) is 19.1 Å². The SMILES string of the molecule is CC(=O)OCCC(CCC1C(C)=CCC2C(C)(C)CCCC12C)COC(C)=O. The molecule has 0 aromatic heterocycles. The van der Waals surface area contributed by atoms with E-state index in [4.69, 9.17) is 9.47 Å². The van der Waals surface area contributed by atoms with E-state index in [0.29, 0.717) is 30.0 Å². The Morgan fingerprint density at radius 1 is 1.11 bits per heavy atom. The Morgan fingerprint density at radius 3 is 2.43 bits per heavy atom. The van der Waals surface area contributed by atoms with Crippen molar-refractivity contribution in [1.82, 2.24) is 0 Å². The molecule has 0 bridgehead atoms. The van der Waals surface area contributed by atoms with Gasteiger partial charge in [0.1, 0.15) is 0 Å². The minimum atomic E-state index is -0.253. The van der Waals surface area contributed by atoms with Crippen molar-refractivity contribution in [3.8, 4) is 0 Å². The second kappa shape index (κ2) is 9.45. The van der Waals surface area contributed by atoms with E-state index in [9.17, 15) is 9.59 Å². The highest BCUT2D eigenvalue weighted by Crippen LogP contribution is 2.60. The molecule has 0 spiro atoms. The smallest absolute Gasteiger partial charge is 0.302 e. The Bertz CT molecular complexity index is 591. The van der Waals surface area contributed by atoms with Gasteiger partial charge in [0.05, 0.1) is 13.2 Å².